The second-order valence-electron chi connectivity index (χ2n) is 8.94. The van der Waals surface area contributed by atoms with Crippen LogP contribution in [0.3, 0.4) is 0 Å². The van der Waals surface area contributed by atoms with Crippen molar-refractivity contribution in [2.45, 2.75) is 39.2 Å². The van der Waals surface area contributed by atoms with Gasteiger partial charge in [-0.25, -0.2) is 4.98 Å². The van der Waals surface area contributed by atoms with Crippen molar-refractivity contribution in [2.75, 3.05) is 24.7 Å². The lowest BCUT2D eigenvalue weighted by atomic mass is 10.1. The molecule has 4 aromatic rings. The van der Waals surface area contributed by atoms with Crippen LogP contribution in [0.15, 0.2) is 72.8 Å². The van der Waals surface area contributed by atoms with Crippen LogP contribution in [-0.4, -0.2) is 35.2 Å². The van der Waals surface area contributed by atoms with Crippen molar-refractivity contribution in [3.05, 3.63) is 84.2 Å². The second-order valence-corrected chi connectivity index (χ2v) is 8.94. The number of carbonyl (C=O) groups excluding carboxylic acids is 1. The Morgan fingerprint density at radius 3 is 2.69 bits per heavy atom. The maximum absolute atomic E-state index is 13.1. The van der Waals surface area contributed by atoms with Crippen LogP contribution < -0.4 is 14.4 Å². The van der Waals surface area contributed by atoms with Crippen LogP contribution in [0.4, 0.5) is 5.69 Å². The van der Waals surface area contributed by atoms with Gasteiger partial charge in [0.05, 0.1) is 29.9 Å². The number of imidazole rings is 1. The van der Waals surface area contributed by atoms with E-state index in [1.807, 2.05) is 66.4 Å². The summed E-state index contributed by atoms with van der Waals surface area (Å²) in [6, 6.07) is 24.1. The first-order valence-corrected chi connectivity index (χ1v) is 12.3. The number of ether oxygens (including phenoxy) is 2. The summed E-state index contributed by atoms with van der Waals surface area (Å²) in [6.07, 6.45) is 1.28. The number of amides is 1. The van der Waals surface area contributed by atoms with Crippen LogP contribution in [0.2, 0.25) is 0 Å². The fourth-order valence-corrected chi connectivity index (χ4v) is 4.83. The third kappa shape index (κ3) is 4.87. The molecule has 0 aliphatic carbocycles. The summed E-state index contributed by atoms with van der Waals surface area (Å²) in [7, 11) is 0. The molecule has 5 rings (SSSR count). The Hall–Kier alpha value is -3.80. The largest absolute Gasteiger partial charge is 0.494 e. The number of aromatic nitrogens is 2. The Balaban J connectivity index is 1.36. The molecule has 0 radical (unpaired) electrons. The third-order valence-corrected chi connectivity index (χ3v) is 6.41. The zero-order valence-corrected chi connectivity index (χ0v) is 20.3. The third-order valence-electron chi connectivity index (χ3n) is 6.41. The highest BCUT2D eigenvalue weighted by Crippen LogP contribution is 2.37. The van der Waals surface area contributed by atoms with Crippen LogP contribution >= 0.6 is 0 Å². The molecule has 1 aliphatic rings. The minimum Gasteiger partial charge on any atom is -0.494 e. The van der Waals surface area contributed by atoms with Crippen molar-refractivity contribution in [1.29, 1.82) is 0 Å². The fourth-order valence-electron chi connectivity index (χ4n) is 4.83. The first kappa shape index (κ1) is 23.0. The first-order valence-electron chi connectivity index (χ1n) is 12.3. The summed E-state index contributed by atoms with van der Waals surface area (Å²) in [5.41, 5.74) is 4.07. The van der Waals surface area contributed by atoms with Gasteiger partial charge in [0.2, 0.25) is 5.91 Å². The molecule has 1 atom stereocenters. The van der Waals surface area contributed by atoms with E-state index in [2.05, 4.69) is 29.7 Å². The molecular formula is C29H31N3O3. The Labute approximate surface area is 206 Å². The lowest BCUT2D eigenvalue weighted by Gasteiger charge is -2.20. The van der Waals surface area contributed by atoms with Gasteiger partial charge in [-0.05, 0) is 62.2 Å². The van der Waals surface area contributed by atoms with Gasteiger partial charge in [0.15, 0.2) is 0 Å². The fraction of sp³-hybridized carbons (Fsp3) is 0.310. The van der Waals surface area contributed by atoms with Crippen molar-refractivity contribution < 1.29 is 14.3 Å². The van der Waals surface area contributed by atoms with Gasteiger partial charge in [0, 0.05) is 25.4 Å². The smallest absolute Gasteiger partial charge is 0.227 e. The Morgan fingerprint density at radius 2 is 1.83 bits per heavy atom. The highest BCUT2D eigenvalue weighted by molar-refractivity contribution is 5.97. The average Bonchev–Trinajstić information content (AvgIpc) is 3.43. The second kappa shape index (κ2) is 10.2. The van der Waals surface area contributed by atoms with Crippen LogP contribution in [0.25, 0.3) is 11.0 Å². The van der Waals surface area contributed by atoms with E-state index in [-0.39, 0.29) is 11.8 Å². The lowest BCUT2D eigenvalue weighted by Crippen LogP contribution is -2.25. The molecule has 1 aromatic heterocycles. The number of hydrogen-bond donors (Lipinski definition) is 0. The van der Waals surface area contributed by atoms with Crippen LogP contribution in [0.1, 0.15) is 37.1 Å². The number of aryl methyl sites for hydroxylation is 2. The number of benzene rings is 3. The van der Waals surface area contributed by atoms with Gasteiger partial charge in [-0.1, -0.05) is 36.4 Å². The molecule has 180 valence electrons. The predicted molar refractivity (Wildman–Crippen MR) is 138 cm³/mol. The van der Waals surface area contributed by atoms with Crippen molar-refractivity contribution in [1.82, 2.24) is 9.55 Å². The maximum Gasteiger partial charge on any atom is 0.227 e. The maximum atomic E-state index is 13.1. The van der Waals surface area contributed by atoms with Crippen molar-refractivity contribution in [3.8, 4) is 11.5 Å². The van der Waals surface area contributed by atoms with Crippen molar-refractivity contribution >= 4 is 22.6 Å². The van der Waals surface area contributed by atoms with Crippen molar-refractivity contribution in [3.63, 3.8) is 0 Å². The summed E-state index contributed by atoms with van der Waals surface area (Å²) in [5.74, 6) is 2.72. The summed E-state index contributed by atoms with van der Waals surface area (Å²) in [4.78, 5) is 19.9. The molecule has 6 heteroatoms. The molecule has 35 heavy (non-hydrogen) atoms. The number of nitrogens with zero attached hydrogens (tertiary/aromatic N) is 3. The normalized spacial score (nSPS) is 15.7. The van der Waals surface area contributed by atoms with Gasteiger partial charge in [-0.15, -0.1) is 0 Å². The number of fused-ring (bicyclic) bond motifs is 1. The van der Waals surface area contributed by atoms with Crippen LogP contribution in [0.5, 0.6) is 11.5 Å². The van der Waals surface area contributed by atoms with Crippen LogP contribution in [-0.2, 0) is 11.3 Å². The Kier molecular flexibility index (Phi) is 6.70. The van der Waals surface area contributed by atoms with Crippen LogP contribution in [0, 0.1) is 6.92 Å². The number of para-hydroxylation sites is 4. The minimum atomic E-state index is 0.0160. The summed E-state index contributed by atoms with van der Waals surface area (Å²) < 4.78 is 14.0. The van der Waals surface area contributed by atoms with Gasteiger partial charge in [-0.2, -0.15) is 0 Å². The van der Waals surface area contributed by atoms with Gasteiger partial charge in [0.1, 0.15) is 17.3 Å². The lowest BCUT2D eigenvalue weighted by molar-refractivity contribution is -0.117. The molecule has 0 bridgehead atoms. The van der Waals surface area contributed by atoms with Gasteiger partial charge >= 0.3 is 0 Å². The molecule has 3 aromatic carbocycles. The number of anilines is 1. The molecule has 1 saturated heterocycles. The molecule has 1 amide bonds. The molecule has 0 spiro atoms. The summed E-state index contributed by atoms with van der Waals surface area (Å²) >= 11 is 0. The van der Waals surface area contributed by atoms with E-state index in [1.54, 1.807) is 0 Å². The summed E-state index contributed by atoms with van der Waals surface area (Å²) in [6.45, 7) is 6.57. The van der Waals surface area contributed by atoms with E-state index in [1.165, 1.54) is 5.56 Å². The number of hydrogen-bond acceptors (Lipinski definition) is 4. The zero-order chi connectivity index (χ0) is 24.2. The van der Waals surface area contributed by atoms with E-state index < -0.39 is 0 Å². The molecule has 1 fully saturated rings. The molecule has 0 N–H and O–H groups in total. The van der Waals surface area contributed by atoms with Crippen molar-refractivity contribution in [2.24, 2.45) is 0 Å². The van der Waals surface area contributed by atoms with Gasteiger partial charge < -0.3 is 18.9 Å². The van der Waals surface area contributed by atoms with E-state index in [4.69, 9.17) is 14.5 Å². The van der Waals surface area contributed by atoms with E-state index >= 15 is 0 Å². The summed E-state index contributed by atoms with van der Waals surface area (Å²) in [5, 5.41) is 0. The minimum absolute atomic E-state index is 0.0160. The highest BCUT2D eigenvalue weighted by atomic mass is 16.5. The molecule has 1 aliphatic heterocycles. The quantitative estimate of drug-likeness (QED) is 0.294. The average molecular weight is 470 g/mol. The van der Waals surface area contributed by atoms with E-state index in [9.17, 15) is 4.79 Å². The SMILES string of the molecule is CCOc1ccccc1N1C[C@@H](c2nc3ccccc3n2CCCOc2cccc(C)c2)CC1=O. The van der Waals surface area contributed by atoms with Gasteiger partial charge in [0.25, 0.3) is 0 Å². The predicted octanol–water partition coefficient (Wildman–Crippen LogP) is 5.73. The molecular weight excluding hydrogens is 438 g/mol. The number of carbonyl (C=O) groups is 1. The Morgan fingerprint density at radius 1 is 1.00 bits per heavy atom. The highest BCUT2D eigenvalue weighted by Gasteiger charge is 2.35. The molecule has 0 unspecified atom stereocenters. The monoisotopic (exact) mass is 469 g/mol. The first-order chi connectivity index (χ1) is 17.1. The Bertz CT molecular complexity index is 1330. The zero-order valence-electron chi connectivity index (χ0n) is 20.3. The van der Waals surface area contributed by atoms with Gasteiger partial charge in [-0.3, -0.25) is 4.79 Å². The number of rotatable bonds is 9. The van der Waals surface area contributed by atoms with E-state index in [0.717, 1.165) is 47.0 Å². The molecule has 6 nitrogen and oxygen atoms in total. The molecule has 2 heterocycles. The van der Waals surface area contributed by atoms with E-state index in [0.29, 0.717) is 26.2 Å². The molecule has 0 saturated carbocycles. The topological polar surface area (TPSA) is 56.6 Å². The standard InChI is InChI=1S/C29H31N3O3/c1-3-34-27-15-7-6-14-26(27)32-20-22(19-28(32)33)29-30-24-12-4-5-13-25(24)31(29)16-9-17-35-23-11-8-10-21(2)18-23/h4-8,10-15,18,22H,3,9,16-17,19-20H2,1-2H3/t22-/m0/s1.